The number of amides is 1. The van der Waals surface area contributed by atoms with Crippen molar-refractivity contribution < 1.29 is 19.4 Å². The molecule has 0 bridgehead atoms. The van der Waals surface area contributed by atoms with Gasteiger partial charge in [-0.15, -0.1) is 0 Å². The highest BCUT2D eigenvalue weighted by Crippen LogP contribution is 2.07. The number of rotatable bonds is 4. The Morgan fingerprint density at radius 1 is 1.47 bits per heavy atom. The van der Waals surface area contributed by atoms with Crippen molar-refractivity contribution in [1.29, 1.82) is 0 Å². The Morgan fingerprint density at radius 3 is 2.33 bits per heavy atom. The van der Waals surface area contributed by atoms with E-state index in [9.17, 15) is 9.59 Å². The second-order valence-electron chi connectivity index (χ2n) is 3.99. The molecule has 1 atom stereocenters. The molecule has 2 N–H and O–H groups in total. The van der Waals surface area contributed by atoms with E-state index in [4.69, 9.17) is 9.84 Å². The monoisotopic (exact) mass is 235 g/mol. The van der Waals surface area contributed by atoms with E-state index in [1.807, 2.05) is 0 Å². The van der Waals surface area contributed by atoms with E-state index in [2.05, 4.69) is 5.32 Å². The molecule has 0 rings (SSSR count). The van der Waals surface area contributed by atoms with Crippen LogP contribution >= 0.6 is 11.8 Å². The lowest BCUT2D eigenvalue weighted by atomic mass is 10.2. The number of carboxylic acids is 1. The molecule has 0 spiro atoms. The van der Waals surface area contributed by atoms with E-state index < -0.39 is 23.7 Å². The maximum absolute atomic E-state index is 11.2. The second-order valence-corrected chi connectivity index (χ2v) is 4.90. The number of hydrogen-bond acceptors (Lipinski definition) is 4. The predicted molar refractivity (Wildman–Crippen MR) is 59.2 cm³/mol. The summed E-state index contributed by atoms with van der Waals surface area (Å²) >= 11 is 1.35. The van der Waals surface area contributed by atoms with E-state index in [1.54, 1.807) is 27.0 Å². The maximum atomic E-state index is 11.2. The van der Waals surface area contributed by atoms with Crippen molar-refractivity contribution in [2.24, 2.45) is 0 Å². The standard InChI is InChI=1S/C9H17NO4S/c1-9(2,3)14-8(13)10-6(5-15-4)7(11)12/h6H,5H2,1-4H3,(H,10,13)(H,11,12). The second kappa shape index (κ2) is 5.85. The van der Waals surface area contributed by atoms with Crippen molar-refractivity contribution in [3.8, 4) is 0 Å². The summed E-state index contributed by atoms with van der Waals surface area (Å²) in [6.07, 6.45) is 1.07. The molecule has 0 aromatic rings. The summed E-state index contributed by atoms with van der Waals surface area (Å²) in [5.41, 5.74) is -0.619. The van der Waals surface area contributed by atoms with Gasteiger partial charge in [-0.05, 0) is 27.0 Å². The molecule has 0 saturated carbocycles. The molecule has 0 aromatic carbocycles. The third kappa shape index (κ3) is 7.07. The fourth-order valence-corrected chi connectivity index (χ4v) is 1.35. The van der Waals surface area contributed by atoms with E-state index in [-0.39, 0.29) is 0 Å². The molecule has 1 amide bonds. The number of alkyl carbamates (subject to hydrolysis) is 1. The van der Waals surface area contributed by atoms with Crippen molar-refractivity contribution in [3.63, 3.8) is 0 Å². The zero-order valence-corrected chi connectivity index (χ0v) is 10.2. The number of aliphatic carboxylic acids is 1. The zero-order valence-electron chi connectivity index (χ0n) is 9.36. The van der Waals surface area contributed by atoms with Crippen LogP contribution in [0.1, 0.15) is 20.8 Å². The maximum Gasteiger partial charge on any atom is 0.408 e. The Kier molecular flexibility index (Phi) is 5.49. The van der Waals surface area contributed by atoms with Crippen LogP contribution in [0.5, 0.6) is 0 Å². The van der Waals surface area contributed by atoms with Gasteiger partial charge in [0.05, 0.1) is 0 Å². The van der Waals surface area contributed by atoms with E-state index in [1.165, 1.54) is 11.8 Å². The number of thioether (sulfide) groups is 1. The van der Waals surface area contributed by atoms with Crippen LogP contribution in [-0.2, 0) is 9.53 Å². The molecule has 88 valence electrons. The van der Waals surface area contributed by atoms with Gasteiger partial charge < -0.3 is 15.2 Å². The Morgan fingerprint density at radius 2 is 2.00 bits per heavy atom. The number of nitrogens with one attached hydrogen (secondary N) is 1. The van der Waals surface area contributed by atoms with Gasteiger partial charge in [-0.3, -0.25) is 0 Å². The van der Waals surface area contributed by atoms with E-state index in [0.29, 0.717) is 5.75 Å². The summed E-state index contributed by atoms with van der Waals surface area (Å²) in [7, 11) is 0. The van der Waals surface area contributed by atoms with Crippen molar-refractivity contribution in [3.05, 3.63) is 0 Å². The fourth-order valence-electron chi connectivity index (χ4n) is 0.791. The molecule has 5 nitrogen and oxygen atoms in total. The van der Waals surface area contributed by atoms with Crippen LogP contribution in [0.3, 0.4) is 0 Å². The number of carbonyl (C=O) groups is 2. The smallest absolute Gasteiger partial charge is 0.408 e. The van der Waals surface area contributed by atoms with Gasteiger partial charge >= 0.3 is 12.1 Å². The molecule has 6 heteroatoms. The largest absolute Gasteiger partial charge is 0.480 e. The molecule has 0 heterocycles. The van der Waals surface area contributed by atoms with Gasteiger partial charge in [-0.25, -0.2) is 9.59 Å². The van der Waals surface area contributed by atoms with Crippen molar-refractivity contribution in [2.45, 2.75) is 32.4 Å². The lowest BCUT2D eigenvalue weighted by Crippen LogP contribution is -2.44. The van der Waals surface area contributed by atoms with Crippen LogP contribution in [0.15, 0.2) is 0 Å². The minimum absolute atomic E-state index is 0.314. The topological polar surface area (TPSA) is 75.6 Å². The van der Waals surface area contributed by atoms with Crippen LogP contribution in [-0.4, -0.2) is 40.8 Å². The van der Waals surface area contributed by atoms with Gasteiger partial charge in [0.25, 0.3) is 0 Å². The molecule has 0 saturated heterocycles. The van der Waals surface area contributed by atoms with Gasteiger partial charge in [0, 0.05) is 5.75 Å². The normalized spacial score (nSPS) is 13.1. The minimum Gasteiger partial charge on any atom is -0.480 e. The van der Waals surface area contributed by atoms with Crippen LogP contribution < -0.4 is 5.32 Å². The Hall–Kier alpha value is -0.910. The number of hydrogen-bond donors (Lipinski definition) is 2. The van der Waals surface area contributed by atoms with Crippen LogP contribution in [0, 0.1) is 0 Å². The Bertz CT molecular complexity index is 237. The summed E-state index contributed by atoms with van der Waals surface area (Å²) in [5.74, 6) is -0.746. The molecule has 0 aliphatic heterocycles. The summed E-state index contributed by atoms with van der Waals surface area (Å²) in [4.78, 5) is 21.9. The average Bonchev–Trinajstić information content (AvgIpc) is 1.99. The van der Waals surface area contributed by atoms with Gasteiger partial charge in [-0.1, -0.05) is 0 Å². The molecule has 0 aliphatic rings. The van der Waals surface area contributed by atoms with E-state index in [0.717, 1.165) is 0 Å². The number of ether oxygens (including phenoxy) is 1. The van der Waals surface area contributed by atoms with Gasteiger partial charge in [0.15, 0.2) is 0 Å². The summed E-state index contributed by atoms with van der Waals surface area (Å²) < 4.78 is 4.94. The molecule has 0 aromatic heterocycles. The highest BCUT2D eigenvalue weighted by Gasteiger charge is 2.23. The first-order valence-electron chi connectivity index (χ1n) is 4.47. The van der Waals surface area contributed by atoms with Gasteiger partial charge in [-0.2, -0.15) is 11.8 Å². The van der Waals surface area contributed by atoms with Gasteiger partial charge in [0.2, 0.25) is 0 Å². The fraction of sp³-hybridized carbons (Fsp3) is 0.778. The quantitative estimate of drug-likeness (QED) is 0.768. The number of carboxylic acid groups (broad SMARTS) is 1. The first-order valence-corrected chi connectivity index (χ1v) is 5.87. The Balaban J connectivity index is 4.18. The molecule has 1 unspecified atom stereocenters. The molecule has 0 radical (unpaired) electrons. The SMILES string of the molecule is CSCC(NC(=O)OC(C)(C)C)C(=O)O. The zero-order chi connectivity index (χ0) is 12.1. The van der Waals surface area contributed by atoms with Crippen molar-refractivity contribution >= 4 is 23.8 Å². The number of carbonyl (C=O) groups excluding carboxylic acids is 1. The first kappa shape index (κ1) is 14.1. The van der Waals surface area contributed by atoms with Crippen molar-refractivity contribution in [1.82, 2.24) is 5.32 Å². The highest BCUT2D eigenvalue weighted by molar-refractivity contribution is 7.98. The lowest BCUT2D eigenvalue weighted by molar-refractivity contribution is -0.138. The molecule has 0 aliphatic carbocycles. The van der Waals surface area contributed by atoms with Crippen LogP contribution in [0.2, 0.25) is 0 Å². The van der Waals surface area contributed by atoms with E-state index >= 15 is 0 Å². The lowest BCUT2D eigenvalue weighted by Gasteiger charge is -2.21. The molecule has 15 heavy (non-hydrogen) atoms. The molecule has 0 fully saturated rings. The van der Waals surface area contributed by atoms with Gasteiger partial charge in [0.1, 0.15) is 11.6 Å². The summed E-state index contributed by atoms with van der Waals surface area (Å²) in [6.45, 7) is 5.16. The average molecular weight is 235 g/mol. The third-order valence-corrected chi connectivity index (χ3v) is 1.99. The minimum atomic E-state index is -1.06. The van der Waals surface area contributed by atoms with Crippen LogP contribution in [0.4, 0.5) is 4.79 Å². The van der Waals surface area contributed by atoms with Crippen LogP contribution in [0.25, 0.3) is 0 Å². The molecular formula is C9H17NO4S. The first-order chi connectivity index (χ1) is 6.76. The third-order valence-electron chi connectivity index (χ3n) is 1.32. The predicted octanol–water partition coefficient (Wildman–Crippen LogP) is 1.33. The Labute approximate surface area is 93.6 Å². The highest BCUT2D eigenvalue weighted by atomic mass is 32.2. The summed E-state index contributed by atoms with van der Waals surface area (Å²) in [6, 6.07) is -0.908. The van der Waals surface area contributed by atoms with Crippen molar-refractivity contribution in [2.75, 3.05) is 12.0 Å². The summed E-state index contributed by atoms with van der Waals surface area (Å²) in [5, 5.41) is 11.1. The molecular weight excluding hydrogens is 218 g/mol.